The van der Waals surface area contributed by atoms with Gasteiger partial charge in [0.05, 0.1) is 82.7 Å². The van der Waals surface area contributed by atoms with E-state index in [9.17, 15) is 136 Å². The van der Waals surface area contributed by atoms with Crippen molar-refractivity contribution < 1.29 is 193 Å². The van der Waals surface area contributed by atoms with E-state index in [1.165, 1.54) is 134 Å². The van der Waals surface area contributed by atoms with Crippen LogP contribution in [-0.4, -0.2) is 396 Å². The molecule has 132 heavy (non-hydrogen) atoms. The molecule has 34 atom stereocenters. The van der Waals surface area contributed by atoms with Gasteiger partial charge in [-0.1, -0.05) is 212 Å². The van der Waals surface area contributed by atoms with Crippen molar-refractivity contribution in [3.8, 4) is 0 Å². The van der Waals surface area contributed by atoms with Crippen LogP contribution in [0.5, 0.6) is 0 Å². The molecule has 34 unspecified atom stereocenters. The number of carbonyl (C=O) groups is 6. The lowest BCUT2D eigenvalue weighted by molar-refractivity contribution is -0.405. The molecule has 0 aliphatic carbocycles. The summed E-state index contributed by atoms with van der Waals surface area (Å²) in [6.45, 7) is -0.802. The highest BCUT2D eigenvalue weighted by atomic mass is 16.8. The summed E-state index contributed by atoms with van der Waals surface area (Å²) in [5, 5.41) is 248. The van der Waals surface area contributed by atoms with Crippen molar-refractivity contribution in [1.82, 2.24) is 21.3 Å². The average Bonchev–Trinajstić information content (AvgIpc) is 0.750. The Morgan fingerprint density at radius 1 is 0.394 bits per heavy atom. The molecule has 4 amide bonds. The molecule has 43 heteroatoms. The number of amides is 4. The molecule has 6 rings (SSSR count). The van der Waals surface area contributed by atoms with Gasteiger partial charge in [-0.05, 0) is 19.3 Å². The Hall–Kier alpha value is -4.68. The molecule has 0 aromatic carbocycles. The maximum atomic E-state index is 14.1. The van der Waals surface area contributed by atoms with Crippen molar-refractivity contribution in [3.05, 3.63) is 12.2 Å². The first-order valence-electron chi connectivity index (χ1n) is 47.7. The fraction of sp³-hybridized carbons (Fsp3) is 0.910. The fourth-order valence-electron chi connectivity index (χ4n) is 17.8. The Balaban J connectivity index is 1.26. The van der Waals surface area contributed by atoms with Gasteiger partial charge in [-0.15, -0.1) is 0 Å². The summed E-state index contributed by atoms with van der Waals surface area (Å²) in [5.41, 5.74) is 0. The molecule has 6 heterocycles. The van der Waals surface area contributed by atoms with Crippen LogP contribution in [0.25, 0.3) is 0 Å². The normalized spacial score (nSPS) is 34.2. The number of rotatable bonds is 64. The minimum atomic E-state index is -3.50. The zero-order valence-corrected chi connectivity index (χ0v) is 77.1. The number of carboxylic acid groups (broad SMARTS) is 2. The number of carboxylic acids is 2. The Labute approximate surface area is 771 Å². The number of carbonyl (C=O) groups excluding carboxylic acids is 4. The number of aliphatic carboxylic acids is 2. The number of nitrogens with one attached hydrogen (secondary N) is 4. The monoisotopic (exact) mass is 1910 g/mol. The molecule has 6 saturated heterocycles. The van der Waals surface area contributed by atoms with Crippen LogP contribution in [0, 0.1) is 0 Å². The second-order valence-electron chi connectivity index (χ2n) is 36.0. The lowest BCUT2D eigenvalue weighted by Gasteiger charge is -2.53. The molecule has 25 N–H and O–H groups in total. The van der Waals surface area contributed by atoms with E-state index >= 15 is 0 Å². The standard InChI is InChI=1S/C89H158N4O39/c1-6-8-10-12-14-16-18-20-21-22-23-24-25-26-28-30-32-34-36-38-40-63(108)93-53(54(103)39-37-35-33-31-29-27-19-17-15-13-11-9-7-2)49-121-83-72(114)71(113)75(61(47-98)124-83)126-85-74(116)81(132-89(87(119)120)42-56(105)65(91-51(4)101)79(130-89)68(110)58(107)44-95)76(62(48-99)125-85)127-82-66(92-52(5)102)77(69(111)59(45-96)122-82)128-84-73(115)80(70(112)60(46-97)123-84)131-88(86(117)118)41-55(104)64(90-50(3)100)78(129-88)67(109)57(106)43-94/h37,39,53-62,64-85,94-99,103-107,109-116H,6-36,38,40-49H2,1-5H3,(H,90,100)(H,91,101)(H,92,102)(H,93,108)(H,117,118)(H,119,120). The molecule has 6 aliphatic rings. The van der Waals surface area contributed by atoms with E-state index in [0.717, 1.165) is 85.0 Å². The molecule has 6 aliphatic heterocycles. The van der Waals surface area contributed by atoms with E-state index in [1.54, 1.807) is 6.08 Å². The zero-order valence-electron chi connectivity index (χ0n) is 77.1. The second-order valence-corrected chi connectivity index (χ2v) is 36.0. The summed E-state index contributed by atoms with van der Waals surface area (Å²) in [5.74, 6) is -14.5. The van der Waals surface area contributed by atoms with Crippen molar-refractivity contribution in [3.63, 3.8) is 0 Å². The van der Waals surface area contributed by atoms with Crippen molar-refractivity contribution in [2.45, 2.75) is 467 Å². The van der Waals surface area contributed by atoms with Gasteiger partial charge in [0, 0.05) is 40.0 Å². The lowest BCUT2D eigenvalue weighted by Crippen LogP contribution is -2.72. The van der Waals surface area contributed by atoms with Crippen molar-refractivity contribution in [2.24, 2.45) is 0 Å². The third-order valence-electron chi connectivity index (χ3n) is 25.3. The largest absolute Gasteiger partial charge is 0.477 e. The summed E-state index contributed by atoms with van der Waals surface area (Å²) in [7, 11) is 0. The van der Waals surface area contributed by atoms with Crippen LogP contribution in [0.15, 0.2) is 12.2 Å². The maximum Gasteiger partial charge on any atom is 0.364 e. The minimum Gasteiger partial charge on any atom is -0.477 e. The molecule has 0 spiro atoms. The van der Waals surface area contributed by atoms with Crippen molar-refractivity contribution >= 4 is 35.6 Å². The Morgan fingerprint density at radius 2 is 0.742 bits per heavy atom. The highest BCUT2D eigenvalue weighted by Gasteiger charge is 2.64. The van der Waals surface area contributed by atoms with Gasteiger partial charge in [-0.3, -0.25) is 19.2 Å². The number of aliphatic hydroxyl groups excluding tert-OH is 19. The van der Waals surface area contributed by atoms with E-state index in [-0.39, 0.29) is 6.42 Å². The van der Waals surface area contributed by atoms with Crippen LogP contribution < -0.4 is 21.3 Å². The predicted octanol–water partition coefficient (Wildman–Crippen LogP) is -1.92. The van der Waals surface area contributed by atoms with Gasteiger partial charge in [-0.25, -0.2) is 9.59 Å². The summed E-state index contributed by atoms with van der Waals surface area (Å²) < 4.78 is 72.5. The van der Waals surface area contributed by atoms with Gasteiger partial charge in [0.1, 0.15) is 134 Å². The SMILES string of the molecule is CCCCCCCCCCCCCC=CC(O)C(COC1OC(CO)C(OC2OC(CO)C(OC3OC(CO)C(O)C(OC4OC(CO)C(O)C(OC5(C(=O)O)CC(O)C(NC(C)=O)C(C(O)C(O)CO)O5)C4O)C3NC(C)=O)C(OC3(C(=O)O)CC(O)C(NC(C)=O)C(C(O)C(O)CO)O3)C2O)C(O)C1O)NC(=O)CCCCCCCCCCCCCCCCCCCCCC. The van der Waals surface area contributed by atoms with E-state index < -0.39 is 302 Å². The van der Waals surface area contributed by atoms with Crippen LogP contribution in [0.2, 0.25) is 0 Å². The third kappa shape index (κ3) is 35.0. The molecule has 6 fully saturated rings. The van der Waals surface area contributed by atoms with Gasteiger partial charge >= 0.3 is 11.9 Å². The van der Waals surface area contributed by atoms with Crippen molar-refractivity contribution in [2.75, 3.05) is 46.2 Å². The number of hydrogen-bond donors (Lipinski definition) is 25. The second kappa shape index (κ2) is 60.3. The summed E-state index contributed by atoms with van der Waals surface area (Å²) in [4.78, 5) is 79.7. The zero-order chi connectivity index (χ0) is 97.4. The molecule has 0 bridgehead atoms. The molecule has 768 valence electrons. The first-order chi connectivity index (χ1) is 63.1. The summed E-state index contributed by atoms with van der Waals surface area (Å²) in [6, 6.07) is -6.95. The number of allylic oxidation sites excluding steroid dienone is 1. The van der Waals surface area contributed by atoms with Crippen LogP contribution in [-0.2, 0) is 85.6 Å². The van der Waals surface area contributed by atoms with E-state index in [4.69, 9.17) is 56.8 Å². The first-order valence-corrected chi connectivity index (χ1v) is 47.7. The molecule has 0 saturated carbocycles. The van der Waals surface area contributed by atoms with Crippen LogP contribution in [0.1, 0.15) is 259 Å². The Morgan fingerprint density at radius 3 is 1.15 bits per heavy atom. The Kier molecular flexibility index (Phi) is 53.0. The van der Waals surface area contributed by atoms with Gasteiger partial charge in [0.2, 0.25) is 23.6 Å². The predicted molar refractivity (Wildman–Crippen MR) is 463 cm³/mol. The number of hydrogen-bond acceptors (Lipinski definition) is 37. The lowest BCUT2D eigenvalue weighted by atomic mass is 9.88. The smallest absolute Gasteiger partial charge is 0.364 e. The van der Waals surface area contributed by atoms with Gasteiger partial charge in [-0.2, -0.15) is 0 Å². The molecular weight excluding hydrogens is 1750 g/mol. The van der Waals surface area contributed by atoms with Crippen LogP contribution in [0.4, 0.5) is 0 Å². The van der Waals surface area contributed by atoms with Crippen LogP contribution in [0.3, 0.4) is 0 Å². The van der Waals surface area contributed by atoms with Crippen LogP contribution >= 0.6 is 0 Å². The summed E-state index contributed by atoms with van der Waals surface area (Å²) >= 11 is 0. The molecule has 0 aromatic heterocycles. The Bertz CT molecular complexity index is 3290. The molecular formula is C89H158N4O39. The van der Waals surface area contributed by atoms with E-state index in [0.29, 0.717) is 12.8 Å². The number of aliphatic hydroxyl groups is 19. The van der Waals surface area contributed by atoms with Crippen molar-refractivity contribution in [1.29, 1.82) is 0 Å². The fourth-order valence-corrected chi connectivity index (χ4v) is 17.8. The quantitative estimate of drug-likeness (QED) is 0.0233. The van der Waals surface area contributed by atoms with Gasteiger partial charge < -0.3 is 185 Å². The molecule has 0 radical (unpaired) electrons. The average molecular weight is 1910 g/mol. The third-order valence-corrected chi connectivity index (χ3v) is 25.3. The van der Waals surface area contributed by atoms with Gasteiger partial charge in [0.15, 0.2) is 25.2 Å². The number of ether oxygens (including phenoxy) is 12. The maximum absolute atomic E-state index is 14.1. The van der Waals surface area contributed by atoms with E-state index in [1.807, 2.05) is 0 Å². The number of unbranched alkanes of at least 4 members (excludes halogenated alkanes) is 30. The van der Waals surface area contributed by atoms with Gasteiger partial charge in [0.25, 0.3) is 11.6 Å². The highest BCUT2D eigenvalue weighted by Crippen LogP contribution is 2.43. The molecule has 0 aromatic rings. The molecule has 43 nitrogen and oxygen atoms in total. The topological polar surface area (TPSA) is 686 Å². The first kappa shape index (κ1) is 116. The van der Waals surface area contributed by atoms with E-state index in [2.05, 4.69) is 35.1 Å². The minimum absolute atomic E-state index is 0.0959. The highest BCUT2D eigenvalue weighted by molar-refractivity contribution is 5.78. The summed E-state index contributed by atoms with van der Waals surface area (Å²) in [6.07, 6.45) is -25.4.